The fourth-order valence-corrected chi connectivity index (χ4v) is 1.66. The molecule has 0 radical (unpaired) electrons. The number of aromatic nitrogens is 2. The van der Waals surface area contributed by atoms with Gasteiger partial charge in [0.15, 0.2) is 0 Å². The molecule has 2 heterocycles. The van der Waals surface area contributed by atoms with Gasteiger partial charge in [-0.2, -0.15) is 5.10 Å². The van der Waals surface area contributed by atoms with Crippen molar-refractivity contribution in [1.82, 2.24) is 9.78 Å². The number of rotatable bonds is 2. The Labute approximate surface area is 81.3 Å². The van der Waals surface area contributed by atoms with Gasteiger partial charge in [0.2, 0.25) is 0 Å². The van der Waals surface area contributed by atoms with E-state index in [0.29, 0.717) is 6.61 Å². The molecule has 0 aromatic carbocycles. The SMILES string of the molecule is Cn1nc(C2CCOC2)cc1C(=O)O. The van der Waals surface area contributed by atoms with Crippen molar-refractivity contribution in [2.75, 3.05) is 13.2 Å². The van der Waals surface area contributed by atoms with Gasteiger partial charge in [-0.05, 0) is 12.5 Å². The van der Waals surface area contributed by atoms with E-state index < -0.39 is 5.97 Å². The number of hydrogen-bond acceptors (Lipinski definition) is 3. The Balaban J connectivity index is 2.27. The topological polar surface area (TPSA) is 64.4 Å². The maximum Gasteiger partial charge on any atom is 0.354 e. The number of carbonyl (C=O) groups is 1. The predicted octanol–water partition coefficient (Wildman–Crippen LogP) is 0.622. The molecule has 1 saturated heterocycles. The minimum atomic E-state index is -0.940. The molecule has 0 aliphatic carbocycles. The van der Waals surface area contributed by atoms with E-state index in [1.165, 1.54) is 4.68 Å². The molecule has 0 saturated carbocycles. The zero-order valence-electron chi connectivity index (χ0n) is 7.93. The smallest absolute Gasteiger partial charge is 0.354 e. The maximum absolute atomic E-state index is 10.8. The van der Waals surface area contributed by atoms with Crippen molar-refractivity contribution in [1.29, 1.82) is 0 Å². The molecule has 14 heavy (non-hydrogen) atoms. The zero-order valence-corrected chi connectivity index (χ0v) is 7.93. The lowest BCUT2D eigenvalue weighted by Gasteiger charge is -2.00. The molecule has 1 aromatic rings. The first-order valence-corrected chi connectivity index (χ1v) is 4.53. The van der Waals surface area contributed by atoms with Crippen molar-refractivity contribution in [3.63, 3.8) is 0 Å². The number of aromatic carboxylic acids is 1. The minimum absolute atomic E-state index is 0.229. The highest BCUT2D eigenvalue weighted by molar-refractivity contribution is 5.85. The van der Waals surface area contributed by atoms with E-state index in [9.17, 15) is 4.79 Å². The third kappa shape index (κ3) is 1.50. The summed E-state index contributed by atoms with van der Waals surface area (Å²) in [7, 11) is 1.64. The Kier molecular flexibility index (Phi) is 2.25. The molecular weight excluding hydrogens is 184 g/mol. The van der Waals surface area contributed by atoms with Gasteiger partial charge in [-0.15, -0.1) is 0 Å². The average molecular weight is 196 g/mol. The normalized spacial score (nSPS) is 21.4. The summed E-state index contributed by atoms with van der Waals surface area (Å²) in [6, 6.07) is 1.63. The Morgan fingerprint density at radius 3 is 3.07 bits per heavy atom. The molecule has 2 rings (SSSR count). The fraction of sp³-hybridized carbons (Fsp3) is 0.556. The van der Waals surface area contributed by atoms with Crippen molar-refractivity contribution in [3.8, 4) is 0 Å². The van der Waals surface area contributed by atoms with E-state index in [0.717, 1.165) is 18.7 Å². The number of aryl methyl sites for hydroxylation is 1. The highest BCUT2D eigenvalue weighted by Crippen LogP contribution is 2.24. The largest absolute Gasteiger partial charge is 0.477 e. The van der Waals surface area contributed by atoms with Crippen LogP contribution >= 0.6 is 0 Å². The van der Waals surface area contributed by atoms with E-state index in [2.05, 4.69) is 5.10 Å². The standard InChI is InChI=1S/C9H12N2O3/c1-11-8(9(12)13)4-7(10-11)6-2-3-14-5-6/h4,6H,2-3,5H2,1H3,(H,12,13). The number of hydrogen-bond donors (Lipinski definition) is 1. The van der Waals surface area contributed by atoms with Crippen molar-refractivity contribution in [2.45, 2.75) is 12.3 Å². The van der Waals surface area contributed by atoms with Crippen LogP contribution in [-0.2, 0) is 11.8 Å². The second-order valence-corrected chi connectivity index (χ2v) is 3.44. The average Bonchev–Trinajstić information content (AvgIpc) is 2.70. The maximum atomic E-state index is 10.8. The van der Waals surface area contributed by atoms with Gasteiger partial charge in [-0.25, -0.2) is 4.79 Å². The van der Waals surface area contributed by atoms with E-state index in [1.807, 2.05) is 0 Å². The van der Waals surface area contributed by atoms with Gasteiger partial charge >= 0.3 is 5.97 Å². The van der Waals surface area contributed by atoms with Gasteiger partial charge in [0.05, 0.1) is 12.3 Å². The summed E-state index contributed by atoms with van der Waals surface area (Å²) in [4.78, 5) is 10.8. The van der Waals surface area contributed by atoms with Gasteiger partial charge in [-0.1, -0.05) is 0 Å². The molecule has 1 N–H and O–H groups in total. The van der Waals surface area contributed by atoms with Crippen LogP contribution in [0.5, 0.6) is 0 Å². The molecule has 1 fully saturated rings. The van der Waals surface area contributed by atoms with Gasteiger partial charge in [0.1, 0.15) is 5.69 Å². The molecule has 0 bridgehead atoms. The Bertz CT molecular complexity index is 353. The first-order chi connectivity index (χ1) is 6.68. The van der Waals surface area contributed by atoms with Crippen LogP contribution in [0, 0.1) is 0 Å². The van der Waals surface area contributed by atoms with Crippen LogP contribution in [0.15, 0.2) is 6.07 Å². The van der Waals surface area contributed by atoms with E-state index in [4.69, 9.17) is 9.84 Å². The van der Waals surface area contributed by atoms with Crippen LogP contribution in [-0.4, -0.2) is 34.1 Å². The van der Waals surface area contributed by atoms with Crippen LogP contribution in [0.2, 0.25) is 0 Å². The Morgan fingerprint density at radius 2 is 2.57 bits per heavy atom. The first-order valence-electron chi connectivity index (χ1n) is 4.53. The van der Waals surface area contributed by atoms with Crippen LogP contribution in [0.4, 0.5) is 0 Å². The molecule has 0 spiro atoms. The lowest BCUT2D eigenvalue weighted by Crippen LogP contribution is -2.05. The van der Waals surface area contributed by atoms with E-state index >= 15 is 0 Å². The minimum Gasteiger partial charge on any atom is -0.477 e. The molecule has 5 heteroatoms. The van der Waals surface area contributed by atoms with Crippen molar-refractivity contribution < 1.29 is 14.6 Å². The summed E-state index contributed by atoms with van der Waals surface area (Å²) in [5.41, 5.74) is 1.05. The second-order valence-electron chi connectivity index (χ2n) is 3.44. The Morgan fingerprint density at radius 1 is 1.79 bits per heavy atom. The van der Waals surface area contributed by atoms with Crippen molar-refractivity contribution >= 4 is 5.97 Å². The van der Waals surface area contributed by atoms with Crippen LogP contribution < -0.4 is 0 Å². The number of carboxylic acids is 1. The molecule has 1 aliphatic rings. The molecule has 0 amide bonds. The third-order valence-corrected chi connectivity index (χ3v) is 2.47. The first kappa shape index (κ1) is 9.21. The number of ether oxygens (including phenoxy) is 1. The predicted molar refractivity (Wildman–Crippen MR) is 48.3 cm³/mol. The summed E-state index contributed by atoms with van der Waals surface area (Å²) in [6.45, 7) is 1.39. The highest BCUT2D eigenvalue weighted by Gasteiger charge is 2.22. The molecule has 1 unspecified atom stereocenters. The van der Waals surface area contributed by atoms with Gasteiger partial charge in [0.25, 0.3) is 0 Å². The molecule has 1 atom stereocenters. The summed E-state index contributed by atoms with van der Waals surface area (Å²) >= 11 is 0. The lowest BCUT2D eigenvalue weighted by molar-refractivity contribution is 0.0685. The molecule has 1 aliphatic heterocycles. The summed E-state index contributed by atoms with van der Waals surface area (Å²) in [5.74, 6) is -0.681. The number of nitrogens with zero attached hydrogens (tertiary/aromatic N) is 2. The quantitative estimate of drug-likeness (QED) is 0.753. The molecule has 5 nitrogen and oxygen atoms in total. The van der Waals surface area contributed by atoms with Crippen LogP contribution in [0.25, 0.3) is 0 Å². The van der Waals surface area contributed by atoms with Crippen molar-refractivity contribution in [3.05, 3.63) is 17.5 Å². The monoisotopic (exact) mass is 196 g/mol. The van der Waals surface area contributed by atoms with E-state index in [1.54, 1.807) is 13.1 Å². The zero-order chi connectivity index (χ0) is 10.1. The molecule has 1 aromatic heterocycles. The third-order valence-electron chi connectivity index (χ3n) is 2.47. The fourth-order valence-electron chi connectivity index (χ4n) is 1.66. The van der Waals surface area contributed by atoms with E-state index in [-0.39, 0.29) is 11.6 Å². The summed E-state index contributed by atoms with van der Waals surface area (Å²) < 4.78 is 6.62. The van der Waals surface area contributed by atoms with Gasteiger partial charge in [-0.3, -0.25) is 4.68 Å². The second kappa shape index (κ2) is 3.42. The number of carboxylic acid groups (broad SMARTS) is 1. The van der Waals surface area contributed by atoms with Crippen LogP contribution in [0.1, 0.15) is 28.5 Å². The highest BCUT2D eigenvalue weighted by atomic mass is 16.5. The summed E-state index contributed by atoms with van der Waals surface area (Å²) in [5, 5.41) is 13.0. The van der Waals surface area contributed by atoms with Gasteiger partial charge in [0, 0.05) is 19.6 Å². The van der Waals surface area contributed by atoms with Gasteiger partial charge < -0.3 is 9.84 Å². The molecule has 76 valence electrons. The van der Waals surface area contributed by atoms with Crippen molar-refractivity contribution in [2.24, 2.45) is 7.05 Å². The summed E-state index contributed by atoms with van der Waals surface area (Å²) in [6.07, 6.45) is 0.927. The molecular formula is C9H12N2O3. The Hall–Kier alpha value is -1.36. The van der Waals surface area contributed by atoms with Crippen LogP contribution in [0.3, 0.4) is 0 Å². The lowest BCUT2D eigenvalue weighted by atomic mass is 10.1.